The minimum absolute atomic E-state index is 0.158. The van der Waals surface area contributed by atoms with Crippen molar-refractivity contribution in [2.45, 2.75) is 6.04 Å². The molecule has 0 radical (unpaired) electrons. The number of benzene rings is 2. The molecule has 2 aliphatic rings. The van der Waals surface area contributed by atoms with Crippen molar-refractivity contribution < 1.29 is 4.79 Å². The first-order chi connectivity index (χ1) is 12.2. The van der Waals surface area contributed by atoms with Gasteiger partial charge >= 0.3 is 0 Å². The Morgan fingerprint density at radius 2 is 1.64 bits per heavy atom. The summed E-state index contributed by atoms with van der Waals surface area (Å²) in [7, 11) is 2.17. The van der Waals surface area contributed by atoms with Crippen molar-refractivity contribution in [3.05, 3.63) is 60.2 Å². The van der Waals surface area contributed by atoms with Crippen molar-refractivity contribution in [2.24, 2.45) is 0 Å². The molecule has 1 atom stereocenters. The van der Waals surface area contributed by atoms with Crippen molar-refractivity contribution in [3.63, 3.8) is 0 Å². The Morgan fingerprint density at radius 1 is 0.880 bits per heavy atom. The van der Waals surface area contributed by atoms with Crippen molar-refractivity contribution in [3.8, 4) is 11.1 Å². The highest BCUT2D eigenvalue weighted by molar-refractivity contribution is 5.95. The highest BCUT2D eigenvalue weighted by Gasteiger charge is 2.33. The van der Waals surface area contributed by atoms with Gasteiger partial charge in [-0.1, -0.05) is 42.5 Å². The second kappa shape index (κ2) is 6.98. The van der Waals surface area contributed by atoms with E-state index in [4.69, 9.17) is 0 Å². The first kappa shape index (κ1) is 16.3. The SMILES string of the molecule is CN1CCN2CCN(C(=O)c3cccc(-c4ccccc4)c3)CC2C1. The standard InChI is InChI=1S/C21H25N3O/c1-22-10-11-23-12-13-24(16-20(23)15-22)21(25)19-9-5-8-18(14-19)17-6-3-2-4-7-17/h2-9,14,20H,10-13,15-16H2,1H3. The minimum atomic E-state index is 0.158. The van der Waals surface area contributed by atoms with E-state index in [9.17, 15) is 4.79 Å². The van der Waals surface area contributed by atoms with E-state index >= 15 is 0 Å². The maximum absolute atomic E-state index is 13.0. The average molecular weight is 335 g/mol. The third-order valence-electron chi connectivity index (χ3n) is 5.40. The molecule has 25 heavy (non-hydrogen) atoms. The maximum atomic E-state index is 13.0. The molecule has 1 amide bonds. The van der Waals surface area contributed by atoms with Crippen LogP contribution in [0.25, 0.3) is 11.1 Å². The molecule has 1 unspecified atom stereocenters. The number of piperazine rings is 2. The van der Waals surface area contributed by atoms with Crippen LogP contribution in [0.4, 0.5) is 0 Å². The van der Waals surface area contributed by atoms with Crippen molar-refractivity contribution >= 4 is 5.91 Å². The van der Waals surface area contributed by atoms with Gasteiger partial charge in [0, 0.05) is 50.9 Å². The molecule has 2 aromatic rings. The molecule has 2 aliphatic heterocycles. The van der Waals surface area contributed by atoms with Crippen LogP contribution in [0.1, 0.15) is 10.4 Å². The lowest BCUT2D eigenvalue weighted by atomic mass is 10.0. The van der Waals surface area contributed by atoms with E-state index < -0.39 is 0 Å². The number of nitrogens with zero attached hydrogens (tertiary/aromatic N) is 3. The van der Waals surface area contributed by atoms with Crippen molar-refractivity contribution in [1.29, 1.82) is 0 Å². The lowest BCUT2D eigenvalue weighted by Gasteiger charge is -2.46. The number of amides is 1. The van der Waals surface area contributed by atoms with E-state index in [0.717, 1.165) is 56.0 Å². The molecular formula is C21H25N3O. The quantitative estimate of drug-likeness (QED) is 0.843. The average Bonchev–Trinajstić information content (AvgIpc) is 2.67. The number of hydrogen-bond donors (Lipinski definition) is 0. The summed E-state index contributed by atoms with van der Waals surface area (Å²) in [5, 5.41) is 0. The molecule has 2 heterocycles. The summed E-state index contributed by atoms with van der Waals surface area (Å²) < 4.78 is 0. The Morgan fingerprint density at radius 3 is 2.48 bits per heavy atom. The fraction of sp³-hybridized carbons (Fsp3) is 0.381. The third kappa shape index (κ3) is 3.46. The zero-order valence-electron chi connectivity index (χ0n) is 14.8. The fourth-order valence-electron chi connectivity index (χ4n) is 3.94. The molecule has 0 bridgehead atoms. The zero-order valence-corrected chi connectivity index (χ0v) is 14.8. The van der Waals surface area contributed by atoms with E-state index in [-0.39, 0.29) is 5.91 Å². The van der Waals surface area contributed by atoms with Crippen LogP contribution in [0.3, 0.4) is 0 Å². The Labute approximate surface area is 149 Å². The summed E-state index contributed by atoms with van der Waals surface area (Å²) in [6.07, 6.45) is 0. The largest absolute Gasteiger partial charge is 0.336 e. The molecule has 130 valence electrons. The van der Waals surface area contributed by atoms with Gasteiger partial charge in [-0.2, -0.15) is 0 Å². The molecule has 0 aliphatic carbocycles. The molecule has 0 saturated carbocycles. The topological polar surface area (TPSA) is 26.8 Å². The molecule has 0 N–H and O–H groups in total. The van der Waals surface area contributed by atoms with Crippen molar-refractivity contribution in [2.75, 3.05) is 46.3 Å². The smallest absolute Gasteiger partial charge is 0.253 e. The molecule has 4 nitrogen and oxygen atoms in total. The van der Waals surface area contributed by atoms with Crippen LogP contribution >= 0.6 is 0 Å². The van der Waals surface area contributed by atoms with Gasteiger partial charge in [0.1, 0.15) is 0 Å². The van der Waals surface area contributed by atoms with Crippen LogP contribution in [0, 0.1) is 0 Å². The number of carbonyl (C=O) groups excluding carboxylic acids is 1. The van der Waals surface area contributed by atoms with Crippen LogP contribution in [-0.2, 0) is 0 Å². The molecule has 0 spiro atoms. The van der Waals surface area contributed by atoms with Crippen LogP contribution in [0.15, 0.2) is 54.6 Å². The Hall–Kier alpha value is -2.17. The van der Waals surface area contributed by atoms with Crippen LogP contribution < -0.4 is 0 Å². The summed E-state index contributed by atoms with van der Waals surface area (Å²) in [6, 6.07) is 18.7. The van der Waals surface area contributed by atoms with E-state index in [1.165, 1.54) is 0 Å². The van der Waals surface area contributed by atoms with Gasteiger partial charge in [-0.05, 0) is 30.3 Å². The summed E-state index contributed by atoms with van der Waals surface area (Å²) in [4.78, 5) is 20.0. The van der Waals surface area contributed by atoms with Gasteiger partial charge in [0.15, 0.2) is 0 Å². The second-order valence-electron chi connectivity index (χ2n) is 7.15. The van der Waals surface area contributed by atoms with E-state index in [1.807, 2.05) is 41.3 Å². The Bertz CT molecular complexity index is 746. The molecular weight excluding hydrogens is 310 g/mol. The van der Waals surface area contributed by atoms with Gasteiger partial charge in [-0.25, -0.2) is 0 Å². The molecule has 0 aromatic heterocycles. The predicted molar refractivity (Wildman–Crippen MR) is 101 cm³/mol. The van der Waals surface area contributed by atoms with Crippen LogP contribution in [-0.4, -0.2) is 73.0 Å². The molecule has 4 heteroatoms. The third-order valence-corrected chi connectivity index (χ3v) is 5.40. The summed E-state index contributed by atoms with van der Waals surface area (Å²) in [5.74, 6) is 0.158. The first-order valence-electron chi connectivity index (χ1n) is 9.08. The number of hydrogen-bond acceptors (Lipinski definition) is 3. The lowest BCUT2D eigenvalue weighted by molar-refractivity contribution is 0.0190. The number of rotatable bonds is 2. The number of likely N-dealkylation sites (N-methyl/N-ethyl adjacent to an activating group) is 1. The fourth-order valence-corrected chi connectivity index (χ4v) is 3.94. The predicted octanol–water partition coefficient (Wildman–Crippen LogP) is 2.43. The first-order valence-corrected chi connectivity index (χ1v) is 9.08. The van der Waals surface area contributed by atoms with Gasteiger partial charge in [0.25, 0.3) is 5.91 Å². The van der Waals surface area contributed by atoms with Gasteiger partial charge < -0.3 is 9.80 Å². The number of carbonyl (C=O) groups is 1. The highest BCUT2D eigenvalue weighted by Crippen LogP contribution is 2.22. The molecule has 4 rings (SSSR count). The van der Waals surface area contributed by atoms with Gasteiger partial charge in [-0.15, -0.1) is 0 Å². The Kier molecular flexibility index (Phi) is 4.55. The van der Waals surface area contributed by atoms with E-state index in [2.05, 4.69) is 35.0 Å². The van der Waals surface area contributed by atoms with E-state index in [0.29, 0.717) is 6.04 Å². The van der Waals surface area contributed by atoms with Crippen LogP contribution in [0.5, 0.6) is 0 Å². The molecule has 2 fully saturated rings. The van der Waals surface area contributed by atoms with Gasteiger partial charge in [0.2, 0.25) is 0 Å². The minimum Gasteiger partial charge on any atom is -0.336 e. The monoisotopic (exact) mass is 335 g/mol. The van der Waals surface area contributed by atoms with Crippen molar-refractivity contribution in [1.82, 2.24) is 14.7 Å². The number of fused-ring (bicyclic) bond motifs is 1. The van der Waals surface area contributed by atoms with E-state index in [1.54, 1.807) is 0 Å². The summed E-state index contributed by atoms with van der Waals surface area (Å²) >= 11 is 0. The summed E-state index contributed by atoms with van der Waals surface area (Å²) in [6.45, 7) is 5.94. The lowest BCUT2D eigenvalue weighted by Crippen LogP contribution is -2.62. The summed E-state index contributed by atoms with van der Waals surface area (Å²) in [5.41, 5.74) is 3.04. The zero-order chi connectivity index (χ0) is 17.2. The normalized spacial score (nSPS) is 21.8. The Balaban J connectivity index is 1.51. The molecule has 2 saturated heterocycles. The van der Waals surface area contributed by atoms with Gasteiger partial charge in [-0.3, -0.25) is 9.69 Å². The molecule has 2 aromatic carbocycles. The van der Waals surface area contributed by atoms with Crippen LogP contribution in [0.2, 0.25) is 0 Å². The highest BCUT2D eigenvalue weighted by atomic mass is 16.2. The van der Waals surface area contributed by atoms with Gasteiger partial charge in [0.05, 0.1) is 0 Å². The maximum Gasteiger partial charge on any atom is 0.253 e. The second-order valence-corrected chi connectivity index (χ2v) is 7.15.